The first-order valence-electron chi connectivity index (χ1n) is 7.30. The third-order valence-electron chi connectivity index (χ3n) is 3.81. The van der Waals surface area contributed by atoms with Gasteiger partial charge in [-0.2, -0.15) is 0 Å². The van der Waals surface area contributed by atoms with E-state index in [1.165, 1.54) is 25.7 Å². The predicted molar refractivity (Wildman–Crippen MR) is 70.6 cm³/mol. The highest BCUT2D eigenvalue weighted by Gasteiger charge is 2.26. The molecular weight excluding hydrogens is 230 g/mol. The van der Waals surface area contributed by atoms with Crippen LogP contribution in [0.1, 0.15) is 39.0 Å². The Hall–Kier alpha value is -0.160. The van der Waals surface area contributed by atoms with Crippen molar-refractivity contribution < 1.29 is 14.2 Å². The Morgan fingerprint density at radius 3 is 2.94 bits per heavy atom. The maximum atomic E-state index is 5.75. The average Bonchev–Trinajstić information content (AvgIpc) is 2.40. The van der Waals surface area contributed by atoms with E-state index in [1.807, 2.05) is 0 Å². The van der Waals surface area contributed by atoms with Crippen molar-refractivity contribution in [3.63, 3.8) is 0 Å². The summed E-state index contributed by atoms with van der Waals surface area (Å²) in [4.78, 5) is 0. The first-order chi connectivity index (χ1) is 8.79. The maximum Gasteiger partial charge on any atom is 0.157 e. The Bertz CT molecular complexity index is 223. The first kappa shape index (κ1) is 14.3. The summed E-state index contributed by atoms with van der Waals surface area (Å²) < 4.78 is 16.9. The van der Waals surface area contributed by atoms with Gasteiger partial charge in [0.05, 0.1) is 19.8 Å². The summed E-state index contributed by atoms with van der Waals surface area (Å²) in [7, 11) is 0. The molecule has 0 aromatic heterocycles. The minimum absolute atomic E-state index is 0.00860. The van der Waals surface area contributed by atoms with Gasteiger partial charge in [0.2, 0.25) is 0 Å². The van der Waals surface area contributed by atoms with E-state index in [0.717, 1.165) is 32.7 Å². The minimum atomic E-state index is 0.00860. The number of ether oxygens (including phenoxy) is 3. The van der Waals surface area contributed by atoms with Gasteiger partial charge in [-0.1, -0.05) is 6.92 Å². The van der Waals surface area contributed by atoms with Crippen LogP contribution in [0.15, 0.2) is 0 Å². The molecule has 0 aromatic carbocycles. The van der Waals surface area contributed by atoms with Crippen molar-refractivity contribution in [1.29, 1.82) is 0 Å². The van der Waals surface area contributed by atoms with Gasteiger partial charge in [-0.25, -0.2) is 0 Å². The molecule has 0 aromatic rings. The van der Waals surface area contributed by atoms with E-state index in [-0.39, 0.29) is 6.29 Å². The highest BCUT2D eigenvalue weighted by Crippen LogP contribution is 2.25. The zero-order chi connectivity index (χ0) is 12.7. The third kappa shape index (κ3) is 4.84. The van der Waals surface area contributed by atoms with Gasteiger partial charge in [0.1, 0.15) is 0 Å². The lowest BCUT2D eigenvalue weighted by atomic mass is 9.84. The Labute approximate surface area is 110 Å². The molecule has 2 aliphatic rings. The second-order valence-corrected chi connectivity index (χ2v) is 5.81. The number of hydrogen-bond acceptors (Lipinski definition) is 4. The van der Waals surface area contributed by atoms with Gasteiger partial charge in [0.15, 0.2) is 6.29 Å². The van der Waals surface area contributed by atoms with Crippen LogP contribution in [0.5, 0.6) is 0 Å². The first-order valence-corrected chi connectivity index (χ1v) is 7.30. The quantitative estimate of drug-likeness (QED) is 0.738. The van der Waals surface area contributed by atoms with E-state index in [1.54, 1.807) is 0 Å². The summed E-state index contributed by atoms with van der Waals surface area (Å²) in [5.41, 5.74) is 0.305. The van der Waals surface area contributed by atoms with Crippen molar-refractivity contribution in [2.75, 3.05) is 39.5 Å². The largest absolute Gasteiger partial charge is 0.378 e. The molecule has 0 spiro atoms. The summed E-state index contributed by atoms with van der Waals surface area (Å²) >= 11 is 0. The molecule has 2 heterocycles. The normalized spacial score (nSPS) is 33.5. The van der Waals surface area contributed by atoms with Gasteiger partial charge in [0.25, 0.3) is 0 Å². The van der Waals surface area contributed by atoms with Crippen molar-refractivity contribution in [1.82, 2.24) is 5.32 Å². The van der Waals surface area contributed by atoms with E-state index in [4.69, 9.17) is 14.2 Å². The van der Waals surface area contributed by atoms with E-state index in [0.29, 0.717) is 18.6 Å². The second-order valence-electron chi connectivity index (χ2n) is 5.81. The van der Waals surface area contributed by atoms with Crippen LogP contribution in [0, 0.1) is 5.41 Å². The molecule has 0 bridgehead atoms. The van der Waals surface area contributed by atoms with Crippen LogP contribution < -0.4 is 5.32 Å². The topological polar surface area (TPSA) is 39.7 Å². The van der Waals surface area contributed by atoms with Crippen LogP contribution in [0.2, 0.25) is 0 Å². The Morgan fingerprint density at radius 1 is 1.28 bits per heavy atom. The molecule has 2 atom stereocenters. The Kier molecular flexibility index (Phi) is 5.89. The van der Waals surface area contributed by atoms with Crippen LogP contribution >= 0.6 is 0 Å². The average molecular weight is 257 g/mol. The molecule has 106 valence electrons. The van der Waals surface area contributed by atoms with Crippen molar-refractivity contribution in [3.8, 4) is 0 Å². The molecule has 0 saturated carbocycles. The molecule has 0 radical (unpaired) electrons. The third-order valence-corrected chi connectivity index (χ3v) is 3.81. The second kappa shape index (κ2) is 7.43. The molecule has 18 heavy (non-hydrogen) atoms. The SMILES string of the molecule is CC1(COCCO[C@H]2CCCCO2)CCCNC1. The molecule has 4 nitrogen and oxygen atoms in total. The van der Waals surface area contributed by atoms with E-state index in [2.05, 4.69) is 12.2 Å². The maximum absolute atomic E-state index is 5.75. The monoisotopic (exact) mass is 257 g/mol. The van der Waals surface area contributed by atoms with Crippen LogP contribution in [0.25, 0.3) is 0 Å². The molecular formula is C14H27NO3. The van der Waals surface area contributed by atoms with Crippen LogP contribution in [0.3, 0.4) is 0 Å². The van der Waals surface area contributed by atoms with Crippen molar-refractivity contribution in [3.05, 3.63) is 0 Å². The van der Waals surface area contributed by atoms with Crippen LogP contribution in [-0.2, 0) is 14.2 Å². The summed E-state index contributed by atoms with van der Waals surface area (Å²) in [5, 5.41) is 3.44. The van der Waals surface area contributed by atoms with E-state index < -0.39 is 0 Å². The standard InChI is InChI=1S/C14H27NO3/c1-14(6-4-7-15-11-14)12-16-9-10-18-13-5-2-3-8-17-13/h13,15H,2-12H2,1H3/t13-,14?/m0/s1. The Balaban J connectivity index is 1.50. The van der Waals surface area contributed by atoms with E-state index in [9.17, 15) is 0 Å². The van der Waals surface area contributed by atoms with Crippen molar-refractivity contribution in [2.24, 2.45) is 5.41 Å². The molecule has 2 fully saturated rings. The Morgan fingerprint density at radius 2 is 2.22 bits per heavy atom. The summed E-state index contributed by atoms with van der Waals surface area (Å²) in [6, 6.07) is 0. The smallest absolute Gasteiger partial charge is 0.157 e. The van der Waals surface area contributed by atoms with Crippen molar-refractivity contribution in [2.45, 2.75) is 45.3 Å². The summed E-state index contributed by atoms with van der Waals surface area (Å²) in [6.07, 6.45) is 5.94. The summed E-state index contributed by atoms with van der Waals surface area (Å²) in [6.45, 7) is 7.51. The fourth-order valence-corrected chi connectivity index (χ4v) is 2.64. The molecule has 1 N–H and O–H groups in total. The fourth-order valence-electron chi connectivity index (χ4n) is 2.64. The lowest BCUT2D eigenvalue weighted by Gasteiger charge is -2.33. The molecule has 2 rings (SSSR count). The van der Waals surface area contributed by atoms with Gasteiger partial charge in [-0.15, -0.1) is 0 Å². The number of piperidine rings is 1. The van der Waals surface area contributed by atoms with Gasteiger partial charge in [-0.3, -0.25) is 0 Å². The molecule has 0 aliphatic carbocycles. The van der Waals surface area contributed by atoms with Crippen LogP contribution in [0.4, 0.5) is 0 Å². The zero-order valence-electron chi connectivity index (χ0n) is 11.6. The van der Waals surface area contributed by atoms with Gasteiger partial charge >= 0.3 is 0 Å². The van der Waals surface area contributed by atoms with Gasteiger partial charge in [0, 0.05) is 18.6 Å². The molecule has 1 unspecified atom stereocenters. The number of rotatable bonds is 6. The predicted octanol–water partition coefficient (Wildman–Crippen LogP) is 1.94. The lowest BCUT2D eigenvalue weighted by Crippen LogP contribution is -2.41. The molecule has 2 aliphatic heterocycles. The van der Waals surface area contributed by atoms with Crippen molar-refractivity contribution >= 4 is 0 Å². The summed E-state index contributed by atoms with van der Waals surface area (Å²) in [5.74, 6) is 0. The lowest BCUT2D eigenvalue weighted by molar-refractivity contribution is -0.170. The molecule has 0 amide bonds. The van der Waals surface area contributed by atoms with Crippen LogP contribution in [-0.4, -0.2) is 45.8 Å². The highest BCUT2D eigenvalue weighted by molar-refractivity contribution is 4.80. The number of hydrogen-bond donors (Lipinski definition) is 1. The molecule has 2 saturated heterocycles. The fraction of sp³-hybridized carbons (Fsp3) is 1.00. The van der Waals surface area contributed by atoms with Gasteiger partial charge in [-0.05, 0) is 38.6 Å². The van der Waals surface area contributed by atoms with E-state index >= 15 is 0 Å². The zero-order valence-corrected chi connectivity index (χ0v) is 11.6. The number of nitrogens with one attached hydrogen (secondary N) is 1. The molecule has 4 heteroatoms. The van der Waals surface area contributed by atoms with Gasteiger partial charge < -0.3 is 19.5 Å². The minimum Gasteiger partial charge on any atom is -0.378 e. The highest BCUT2D eigenvalue weighted by atomic mass is 16.7.